The number of aromatic nitrogens is 7. The van der Waals surface area contributed by atoms with Gasteiger partial charge in [0.25, 0.3) is 5.91 Å². The van der Waals surface area contributed by atoms with Gasteiger partial charge in [0.1, 0.15) is 18.1 Å². The summed E-state index contributed by atoms with van der Waals surface area (Å²) in [5.74, 6) is -0.985. The molecule has 1 aliphatic rings. The van der Waals surface area contributed by atoms with Crippen molar-refractivity contribution in [3.05, 3.63) is 72.1 Å². The number of hydrogen-bond donors (Lipinski definition) is 0. The van der Waals surface area contributed by atoms with Gasteiger partial charge in [0.05, 0.1) is 54.3 Å². The van der Waals surface area contributed by atoms with E-state index in [-0.39, 0.29) is 18.6 Å². The number of rotatable bonds is 7. The molecule has 3 aromatic heterocycles. The van der Waals surface area contributed by atoms with Crippen molar-refractivity contribution in [2.45, 2.75) is 45.4 Å². The third-order valence-electron chi connectivity index (χ3n) is 6.18. The van der Waals surface area contributed by atoms with Gasteiger partial charge in [0, 0.05) is 13.5 Å². The summed E-state index contributed by atoms with van der Waals surface area (Å²) < 4.78 is 20.0. The number of amides is 1. The van der Waals surface area contributed by atoms with Crippen molar-refractivity contribution in [2.75, 3.05) is 6.54 Å². The van der Waals surface area contributed by atoms with Crippen LogP contribution in [0, 0.1) is 5.82 Å². The topological polar surface area (TPSA) is 121 Å². The number of pyridine rings is 1. The molecule has 0 radical (unpaired) electrons. The van der Waals surface area contributed by atoms with Crippen LogP contribution in [0.25, 0.3) is 17.1 Å². The zero-order valence-electron chi connectivity index (χ0n) is 20.2. The zero-order chi connectivity index (χ0) is 25.8. The third kappa shape index (κ3) is 5.52. The fraction of sp³-hybridized carbons (Fsp3) is 0.320. The predicted octanol–water partition coefficient (Wildman–Crippen LogP) is 2.82. The van der Waals surface area contributed by atoms with Crippen LogP contribution in [0.3, 0.4) is 0 Å². The van der Waals surface area contributed by atoms with E-state index in [0.29, 0.717) is 41.3 Å². The van der Waals surface area contributed by atoms with Gasteiger partial charge in [-0.15, -0.1) is 5.10 Å². The maximum Gasteiger partial charge on any atom is 0.302 e. The van der Waals surface area contributed by atoms with E-state index in [2.05, 4.69) is 25.5 Å². The molecule has 1 fully saturated rings. The summed E-state index contributed by atoms with van der Waals surface area (Å²) in [5.41, 5.74) is 2.69. The number of piperidine rings is 1. The summed E-state index contributed by atoms with van der Waals surface area (Å²) in [6.45, 7) is 2.44. The van der Waals surface area contributed by atoms with Crippen LogP contribution in [0.5, 0.6) is 0 Å². The second-order valence-electron chi connectivity index (χ2n) is 8.79. The third-order valence-corrected chi connectivity index (χ3v) is 6.18. The highest BCUT2D eigenvalue weighted by Crippen LogP contribution is 2.25. The van der Waals surface area contributed by atoms with Crippen molar-refractivity contribution in [2.24, 2.45) is 0 Å². The van der Waals surface area contributed by atoms with E-state index in [1.165, 1.54) is 17.8 Å². The normalized spacial score (nSPS) is 15.5. The van der Waals surface area contributed by atoms with Crippen molar-refractivity contribution in [3.8, 4) is 17.1 Å². The summed E-state index contributed by atoms with van der Waals surface area (Å²) in [5, 5.41) is 16.8. The van der Waals surface area contributed by atoms with Crippen LogP contribution < -0.4 is 0 Å². The summed E-state index contributed by atoms with van der Waals surface area (Å²) in [6.07, 6.45) is 8.64. The first-order valence-electron chi connectivity index (χ1n) is 11.9. The number of benzene rings is 1. The van der Waals surface area contributed by atoms with Crippen molar-refractivity contribution < 1.29 is 18.7 Å². The summed E-state index contributed by atoms with van der Waals surface area (Å²) in [4.78, 5) is 32.5. The molecule has 1 atom stereocenters. The molecule has 190 valence electrons. The maximum atomic E-state index is 13.9. The quantitative estimate of drug-likeness (QED) is 0.352. The minimum atomic E-state index is -0.422. The van der Waals surface area contributed by atoms with Crippen molar-refractivity contribution in [3.63, 3.8) is 0 Å². The van der Waals surface area contributed by atoms with Crippen molar-refractivity contribution in [1.29, 1.82) is 0 Å². The Labute approximate surface area is 211 Å². The van der Waals surface area contributed by atoms with E-state index in [1.54, 1.807) is 47.5 Å². The molecule has 0 bridgehead atoms. The Balaban J connectivity index is 1.40. The SMILES string of the molecule is CC(=O)OCc1ccc(-n2nccn2)c(C(=O)N2CCCC[C@H]2Cn2cc(-c3ccc(F)cn3)nn2)c1. The fourth-order valence-electron chi connectivity index (χ4n) is 4.40. The molecule has 1 aliphatic heterocycles. The van der Waals surface area contributed by atoms with Gasteiger partial charge >= 0.3 is 5.97 Å². The molecule has 0 unspecified atom stereocenters. The van der Waals surface area contributed by atoms with E-state index >= 15 is 0 Å². The van der Waals surface area contributed by atoms with E-state index in [0.717, 1.165) is 25.5 Å². The first kappa shape index (κ1) is 24.2. The molecule has 37 heavy (non-hydrogen) atoms. The Morgan fingerprint density at radius 1 is 1.11 bits per heavy atom. The van der Waals surface area contributed by atoms with E-state index in [9.17, 15) is 14.0 Å². The highest BCUT2D eigenvalue weighted by atomic mass is 19.1. The second-order valence-corrected chi connectivity index (χ2v) is 8.79. The Bertz CT molecular complexity index is 1390. The molecular formula is C25H25FN8O3. The summed E-state index contributed by atoms with van der Waals surface area (Å²) >= 11 is 0. The van der Waals surface area contributed by atoms with Crippen LogP contribution in [-0.4, -0.2) is 64.3 Å². The molecule has 1 amide bonds. The molecule has 0 spiro atoms. The second kappa shape index (κ2) is 10.6. The summed E-state index contributed by atoms with van der Waals surface area (Å²) in [6, 6.07) is 8.02. The predicted molar refractivity (Wildman–Crippen MR) is 129 cm³/mol. The van der Waals surface area contributed by atoms with Crippen LogP contribution in [0.15, 0.2) is 55.1 Å². The molecular weight excluding hydrogens is 479 g/mol. The number of likely N-dealkylation sites (tertiary alicyclic amines) is 1. The number of ether oxygens (including phenoxy) is 1. The van der Waals surface area contributed by atoms with Gasteiger partial charge in [-0.2, -0.15) is 15.0 Å². The number of carbonyl (C=O) groups is 2. The molecule has 12 heteroatoms. The summed E-state index contributed by atoms with van der Waals surface area (Å²) in [7, 11) is 0. The number of hydrogen-bond acceptors (Lipinski definition) is 8. The van der Waals surface area contributed by atoms with E-state index < -0.39 is 11.8 Å². The van der Waals surface area contributed by atoms with Crippen LogP contribution in [0.4, 0.5) is 4.39 Å². The average Bonchev–Trinajstić information content (AvgIpc) is 3.61. The number of esters is 1. The van der Waals surface area contributed by atoms with Gasteiger partial charge in [0.2, 0.25) is 0 Å². The Kier molecular flexibility index (Phi) is 6.97. The van der Waals surface area contributed by atoms with Gasteiger partial charge in [-0.25, -0.2) is 9.07 Å². The molecule has 5 rings (SSSR count). The van der Waals surface area contributed by atoms with E-state index in [4.69, 9.17) is 4.74 Å². The van der Waals surface area contributed by atoms with Gasteiger partial charge in [-0.1, -0.05) is 11.3 Å². The minimum Gasteiger partial charge on any atom is -0.461 e. The lowest BCUT2D eigenvalue weighted by Gasteiger charge is -2.36. The number of halogens is 1. The van der Waals surface area contributed by atoms with Crippen LogP contribution in [-0.2, 0) is 22.7 Å². The number of nitrogens with zero attached hydrogens (tertiary/aromatic N) is 8. The van der Waals surface area contributed by atoms with E-state index in [1.807, 2.05) is 4.90 Å². The van der Waals surface area contributed by atoms with Gasteiger partial charge in [0.15, 0.2) is 0 Å². The molecule has 1 saturated heterocycles. The highest BCUT2D eigenvalue weighted by molar-refractivity contribution is 5.98. The first-order chi connectivity index (χ1) is 18.0. The zero-order valence-corrected chi connectivity index (χ0v) is 20.2. The van der Waals surface area contributed by atoms with Gasteiger partial charge in [-0.3, -0.25) is 14.6 Å². The van der Waals surface area contributed by atoms with Gasteiger partial charge < -0.3 is 9.64 Å². The maximum absolute atomic E-state index is 13.9. The number of carbonyl (C=O) groups excluding carboxylic acids is 2. The standard InChI is InChI=1S/C25H25FN8O3/c1-17(35)37-16-18-5-8-24(34-28-9-10-29-34)21(12-18)25(36)33-11-3-2-4-20(33)14-32-15-23(30-31-32)22-7-6-19(26)13-27-22/h5-10,12-13,15,20H,2-4,11,14,16H2,1H3/t20-/m0/s1. The Hall–Kier alpha value is -4.48. The largest absolute Gasteiger partial charge is 0.461 e. The highest BCUT2D eigenvalue weighted by Gasteiger charge is 2.30. The molecule has 11 nitrogen and oxygen atoms in total. The van der Waals surface area contributed by atoms with Crippen molar-refractivity contribution >= 4 is 11.9 Å². The lowest BCUT2D eigenvalue weighted by Crippen LogP contribution is -2.46. The smallest absolute Gasteiger partial charge is 0.302 e. The first-order valence-corrected chi connectivity index (χ1v) is 11.9. The van der Waals surface area contributed by atoms with Crippen LogP contribution in [0.2, 0.25) is 0 Å². The van der Waals surface area contributed by atoms with Crippen LogP contribution >= 0.6 is 0 Å². The molecule has 4 heterocycles. The lowest BCUT2D eigenvalue weighted by molar-refractivity contribution is -0.142. The Morgan fingerprint density at radius 3 is 2.70 bits per heavy atom. The lowest BCUT2D eigenvalue weighted by atomic mass is 9.99. The van der Waals surface area contributed by atoms with Crippen molar-refractivity contribution in [1.82, 2.24) is 39.9 Å². The van der Waals surface area contributed by atoms with Crippen LogP contribution in [0.1, 0.15) is 42.1 Å². The molecule has 0 aliphatic carbocycles. The van der Waals surface area contributed by atoms with Gasteiger partial charge in [-0.05, 0) is 49.1 Å². The molecule has 0 saturated carbocycles. The average molecular weight is 505 g/mol. The molecule has 1 aromatic carbocycles. The molecule has 0 N–H and O–H groups in total. The fourth-order valence-corrected chi connectivity index (χ4v) is 4.40. The Morgan fingerprint density at radius 2 is 1.95 bits per heavy atom. The monoisotopic (exact) mass is 504 g/mol. The molecule has 4 aromatic rings. The minimum absolute atomic E-state index is 0.0605.